The number of nitrogens with two attached hydrogens (primary N) is 1. The van der Waals surface area contributed by atoms with E-state index in [4.69, 9.17) is 33.7 Å². The maximum atomic E-state index is 6.01. The van der Waals surface area contributed by atoms with E-state index >= 15 is 0 Å². The van der Waals surface area contributed by atoms with Crippen LogP contribution in [-0.2, 0) is 13.0 Å². The van der Waals surface area contributed by atoms with Crippen molar-refractivity contribution in [1.82, 2.24) is 0 Å². The second-order valence-electron chi connectivity index (χ2n) is 4.95. The fourth-order valence-corrected chi connectivity index (χ4v) is 2.85. The largest absolute Gasteiger partial charge is 0.487 e. The van der Waals surface area contributed by atoms with Gasteiger partial charge in [0, 0.05) is 6.04 Å². The summed E-state index contributed by atoms with van der Waals surface area (Å²) in [4.78, 5) is 0. The molecule has 0 aliphatic heterocycles. The molecule has 2 rings (SSSR count). The molecule has 2 aromatic carbocycles. The van der Waals surface area contributed by atoms with Gasteiger partial charge in [-0.3, -0.25) is 0 Å². The molecule has 21 heavy (non-hydrogen) atoms. The number of hydrogen-bond donors (Lipinski definition) is 1. The molecular weight excluding hydrogens is 373 g/mol. The minimum Gasteiger partial charge on any atom is -0.487 e. The summed E-state index contributed by atoms with van der Waals surface area (Å²) < 4.78 is 6.86. The van der Waals surface area contributed by atoms with Crippen LogP contribution >= 0.6 is 39.1 Å². The van der Waals surface area contributed by atoms with Crippen molar-refractivity contribution < 1.29 is 4.74 Å². The minimum atomic E-state index is 0.0756. The fourth-order valence-electron chi connectivity index (χ4n) is 2.01. The first-order valence-electron chi connectivity index (χ1n) is 6.57. The molecule has 0 aliphatic rings. The number of para-hydroxylation sites is 1. The van der Waals surface area contributed by atoms with E-state index in [9.17, 15) is 0 Å². The molecule has 2 nitrogen and oxygen atoms in total. The quantitative estimate of drug-likeness (QED) is 0.761. The zero-order valence-electron chi connectivity index (χ0n) is 11.6. The third kappa shape index (κ3) is 4.62. The molecule has 1 atom stereocenters. The highest BCUT2D eigenvalue weighted by Crippen LogP contribution is 2.31. The normalized spacial score (nSPS) is 12.2. The molecule has 112 valence electrons. The van der Waals surface area contributed by atoms with Gasteiger partial charge < -0.3 is 10.5 Å². The molecule has 0 saturated heterocycles. The van der Waals surface area contributed by atoms with E-state index in [1.54, 1.807) is 6.07 Å². The molecular formula is C16H16BrCl2NO. The first-order valence-corrected chi connectivity index (χ1v) is 8.12. The van der Waals surface area contributed by atoms with Crippen LogP contribution in [0.15, 0.2) is 40.9 Å². The van der Waals surface area contributed by atoms with Crippen molar-refractivity contribution in [3.05, 3.63) is 62.0 Å². The lowest BCUT2D eigenvalue weighted by atomic mass is 10.1. The summed E-state index contributed by atoms with van der Waals surface area (Å²) in [6, 6.07) is 11.5. The van der Waals surface area contributed by atoms with E-state index in [2.05, 4.69) is 15.9 Å². The van der Waals surface area contributed by atoms with Gasteiger partial charge in [-0.1, -0.05) is 41.4 Å². The molecule has 5 heteroatoms. The first kappa shape index (κ1) is 16.6. The Bertz CT molecular complexity index is 632. The molecule has 0 aromatic heterocycles. The van der Waals surface area contributed by atoms with Crippen molar-refractivity contribution in [2.45, 2.75) is 26.0 Å². The lowest BCUT2D eigenvalue weighted by molar-refractivity contribution is 0.300. The summed E-state index contributed by atoms with van der Waals surface area (Å²) in [5.74, 6) is 0.820. The van der Waals surface area contributed by atoms with Gasteiger partial charge in [0.15, 0.2) is 0 Å². The van der Waals surface area contributed by atoms with Crippen LogP contribution in [0, 0.1) is 0 Å². The zero-order valence-corrected chi connectivity index (χ0v) is 14.7. The predicted molar refractivity (Wildman–Crippen MR) is 92.3 cm³/mol. The number of hydrogen-bond acceptors (Lipinski definition) is 2. The van der Waals surface area contributed by atoms with Gasteiger partial charge >= 0.3 is 0 Å². The molecule has 0 spiro atoms. The standard InChI is InChI=1S/C16H16BrCl2NO/c1-10(20)7-12-3-2-4-13(17)16(12)21-9-11-5-6-14(18)15(19)8-11/h2-6,8,10H,7,9,20H2,1H3. The third-order valence-corrected chi connectivity index (χ3v) is 4.32. The summed E-state index contributed by atoms with van der Waals surface area (Å²) in [6.45, 7) is 2.40. The Kier molecular flexibility index (Phi) is 5.94. The Hall–Kier alpha value is -0.740. The highest BCUT2D eigenvalue weighted by atomic mass is 79.9. The third-order valence-electron chi connectivity index (χ3n) is 2.96. The first-order chi connectivity index (χ1) is 9.97. The van der Waals surface area contributed by atoms with Crippen LogP contribution in [-0.4, -0.2) is 6.04 Å². The highest BCUT2D eigenvalue weighted by Gasteiger charge is 2.10. The summed E-state index contributed by atoms with van der Waals surface area (Å²) in [7, 11) is 0. The molecule has 0 amide bonds. The van der Waals surface area contributed by atoms with E-state index in [-0.39, 0.29) is 6.04 Å². The average Bonchev–Trinajstić information content (AvgIpc) is 2.41. The van der Waals surface area contributed by atoms with Crippen LogP contribution in [0.3, 0.4) is 0 Å². The molecule has 2 N–H and O–H groups in total. The lowest BCUT2D eigenvalue weighted by Gasteiger charge is -2.15. The molecule has 0 bridgehead atoms. The van der Waals surface area contributed by atoms with Gasteiger partial charge in [-0.05, 0) is 58.6 Å². The molecule has 0 fully saturated rings. The molecule has 0 heterocycles. The maximum Gasteiger partial charge on any atom is 0.137 e. The van der Waals surface area contributed by atoms with E-state index < -0.39 is 0 Å². The number of halogens is 3. The number of ether oxygens (including phenoxy) is 1. The van der Waals surface area contributed by atoms with Crippen molar-refractivity contribution in [2.24, 2.45) is 5.73 Å². The lowest BCUT2D eigenvalue weighted by Crippen LogP contribution is -2.18. The van der Waals surface area contributed by atoms with Crippen LogP contribution in [0.5, 0.6) is 5.75 Å². The van der Waals surface area contributed by atoms with E-state index in [0.717, 1.165) is 27.8 Å². The summed E-state index contributed by atoms with van der Waals surface area (Å²) in [5.41, 5.74) is 7.93. The Morgan fingerprint density at radius 1 is 1.19 bits per heavy atom. The SMILES string of the molecule is CC(N)Cc1cccc(Br)c1OCc1ccc(Cl)c(Cl)c1. The van der Waals surface area contributed by atoms with Crippen molar-refractivity contribution in [1.29, 1.82) is 0 Å². The minimum absolute atomic E-state index is 0.0756. The topological polar surface area (TPSA) is 35.2 Å². The summed E-state index contributed by atoms with van der Waals surface area (Å²) in [5, 5.41) is 1.07. The molecule has 0 saturated carbocycles. The second kappa shape index (κ2) is 7.50. The van der Waals surface area contributed by atoms with Crippen molar-refractivity contribution in [2.75, 3.05) is 0 Å². The molecule has 1 unspecified atom stereocenters. The van der Waals surface area contributed by atoms with Crippen molar-refractivity contribution in [3.63, 3.8) is 0 Å². The predicted octanol–water partition coefficient (Wildman–Crippen LogP) is 5.22. The Balaban J connectivity index is 2.17. The summed E-state index contributed by atoms with van der Waals surface area (Å²) >= 11 is 15.4. The van der Waals surface area contributed by atoms with Gasteiger partial charge in [0.1, 0.15) is 12.4 Å². The van der Waals surface area contributed by atoms with Gasteiger partial charge in [-0.25, -0.2) is 0 Å². The van der Waals surface area contributed by atoms with Crippen LogP contribution < -0.4 is 10.5 Å². The molecule has 0 radical (unpaired) electrons. The maximum absolute atomic E-state index is 6.01. The van der Waals surface area contributed by atoms with Crippen LogP contribution in [0.2, 0.25) is 10.0 Å². The van der Waals surface area contributed by atoms with Gasteiger partial charge in [0.05, 0.1) is 14.5 Å². The van der Waals surface area contributed by atoms with Crippen LogP contribution in [0.1, 0.15) is 18.1 Å². The zero-order chi connectivity index (χ0) is 15.4. The fraction of sp³-hybridized carbons (Fsp3) is 0.250. The second-order valence-corrected chi connectivity index (χ2v) is 6.62. The van der Waals surface area contributed by atoms with Gasteiger partial charge in [-0.2, -0.15) is 0 Å². The average molecular weight is 389 g/mol. The molecule has 0 aliphatic carbocycles. The summed E-state index contributed by atoms with van der Waals surface area (Å²) in [6.07, 6.45) is 0.760. The Morgan fingerprint density at radius 3 is 2.62 bits per heavy atom. The van der Waals surface area contributed by atoms with Crippen molar-refractivity contribution >= 4 is 39.1 Å². The van der Waals surface area contributed by atoms with Crippen LogP contribution in [0.4, 0.5) is 0 Å². The number of rotatable bonds is 5. The van der Waals surface area contributed by atoms with Gasteiger partial charge in [-0.15, -0.1) is 0 Å². The highest BCUT2D eigenvalue weighted by molar-refractivity contribution is 9.10. The number of benzene rings is 2. The van der Waals surface area contributed by atoms with E-state index in [1.165, 1.54) is 0 Å². The Morgan fingerprint density at radius 2 is 1.95 bits per heavy atom. The molecule has 2 aromatic rings. The van der Waals surface area contributed by atoms with E-state index in [1.807, 2.05) is 37.3 Å². The smallest absolute Gasteiger partial charge is 0.137 e. The van der Waals surface area contributed by atoms with Gasteiger partial charge in [0.25, 0.3) is 0 Å². The Labute approximate surface area is 143 Å². The monoisotopic (exact) mass is 387 g/mol. The van der Waals surface area contributed by atoms with E-state index in [0.29, 0.717) is 16.7 Å². The van der Waals surface area contributed by atoms with Gasteiger partial charge in [0.2, 0.25) is 0 Å². The van der Waals surface area contributed by atoms with Crippen molar-refractivity contribution in [3.8, 4) is 5.75 Å². The van der Waals surface area contributed by atoms with Crippen LogP contribution in [0.25, 0.3) is 0 Å².